The van der Waals surface area contributed by atoms with Crippen molar-refractivity contribution < 1.29 is 9.53 Å². The summed E-state index contributed by atoms with van der Waals surface area (Å²) in [6.45, 7) is 0. The fourth-order valence-corrected chi connectivity index (χ4v) is 2.52. The molecule has 1 aromatic carbocycles. The molecule has 2 N–H and O–H groups in total. The van der Waals surface area contributed by atoms with E-state index in [9.17, 15) is 4.79 Å². The standard InChI is InChI=1S/C16H23NO2/c17-15(12-11-13-7-3-1-4-8-13)16(18)19-14-9-5-2-6-10-14/h1,3-4,7-8,14-15H,2,5-6,9-12,17H2. The molecule has 0 saturated heterocycles. The van der Waals surface area contributed by atoms with Gasteiger partial charge in [0.2, 0.25) is 0 Å². The minimum absolute atomic E-state index is 0.101. The Morgan fingerprint density at radius 1 is 1.21 bits per heavy atom. The van der Waals surface area contributed by atoms with Gasteiger partial charge in [0, 0.05) is 0 Å². The lowest BCUT2D eigenvalue weighted by atomic mass is 9.97. The lowest BCUT2D eigenvalue weighted by Gasteiger charge is -2.23. The van der Waals surface area contributed by atoms with Crippen LogP contribution in [0.5, 0.6) is 0 Å². The van der Waals surface area contributed by atoms with Crippen LogP contribution in [0, 0.1) is 0 Å². The summed E-state index contributed by atoms with van der Waals surface area (Å²) in [6, 6.07) is 9.60. The average Bonchev–Trinajstić information content (AvgIpc) is 2.47. The van der Waals surface area contributed by atoms with E-state index in [2.05, 4.69) is 12.1 Å². The quantitative estimate of drug-likeness (QED) is 0.829. The van der Waals surface area contributed by atoms with Gasteiger partial charge in [-0.3, -0.25) is 4.79 Å². The van der Waals surface area contributed by atoms with Crippen LogP contribution in [0.2, 0.25) is 0 Å². The Bertz CT molecular complexity index is 385. The Morgan fingerprint density at radius 3 is 2.58 bits per heavy atom. The van der Waals surface area contributed by atoms with Gasteiger partial charge in [0.15, 0.2) is 0 Å². The minimum atomic E-state index is -0.498. The highest BCUT2D eigenvalue weighted by Gasteiger charge is 2.21. The summed E-state index contributed by atoms with van der Waals surface area (Å²) in [5.41, 5.74) is 7.12. The van der Waals surface area contributed by atoms with Gasteiger partial charge in [-0.05, 0) is 44.1 Å². The van der Waals surface area contributed by atoms with E-state index >= 15 is 0 Å². The SMILES string of the molecule is NC(CCc1ccccc1)C(=O)OC1CCCCC1. The third kappa shape index (κ3) is 4.67. The van der Waals surface area contributed by atoms with E-state index < -0.39 is 6.04 Å². The average molecular weight is 261 g/mol. The Kier molecular flexibility index (Phi) is 5.40. The maximum Gasteiger partial charge on any atom is 0.323 e. The van der Waals surface area contributed by atoms with Crippen LogP contribution in [0.15, 0.2) is 30.3 Å². The van der Waals surface area contributed by atoms with Crippen LogP contribution in [-0.2, 0) is 16.0 Å². The molecule has 0 heterocycles. The van der Waals surface area contributed by atoms with Gasteiger partial charge >= 0.3 is 5.97 Å². The van der Waals surface area contributed by atoms with Crippen molar-refractivity contribution in [1.29, 1.82) is 0 Å². The van der Waals surface area contributed by atoms with Crippen molar-refractivity contribution in [3.63, 3.8) is 0 Å². The molecule has 2 rings (SSSR count). The monoisotopic (exact) mass is 261 g/mol. The summed E-state index contributed by atoms with van der Waals surface area (Å²) in [5.74, 6) is -0.233. The second-order valence-electron chi connectivity index (χ2n) is 5.33. The van der Waals surface area contributed by atoms with Crippen molar-refractivity contribution in [3.05, 3.63) is 35.9 Å². The van der Waals surface area contributed by atoms with E-state index in [4.69, 9.17) is 10.5 Å². The summed E-state index contributed by atoms with van der Waals surface area (Å²) < 4.78 is 5.48. The Morgan fingerprint density at radius 2 is 1.89 bits per heavy atom. The molecule has 0 bridgehead atoms. The highest BCUT2D eigenvalue weighted by Crippen LogP contribution is 2.20. The van der Waals surface area contributed by atoms with Crippen molar-refractivity contribution in [2.75, 3.05) is 0 Å². The Hall–Kier alpha value is -1.35. The van der Waals surface area contributed by atoms with Crippen LogP contribution >= 0.6 is 0 Å². The van der Waals surface area contributed by atoms with Gasteiger partial charge in [-0.2, -0.15) is 0 Å². The van der Waals surface area contributed by atoms with Crippen molar-refractivity contribution >= 4 is 5.97 Å². The molecular weight excluding hydrogens is 238 g/mol. The second kappa shape index (κ2) is 7.29. The summed E-state index contributed by atoms with van der Waals surface area (Å²) in [6.07, 6.45) is 7.15. The number of carbonyl (C=O) groups excluding carboxylic acids is 1. The maximum atomic E-state index is 11.9. The molecule has 1 aliphatic carbocycles. The van der Waals surface area contributed by atoms with Crippen LogP contribution < -0.4 is 5.73 Å². The number of hydrogen-bond donors (Lipinski definition) is 1. The van der Waals surface area contributed by atoms with E-state index in [0.29, 0.717) is 6.42 Å². The van der Waals surface area contributed by atoms with Gasteiger partial charge in [-0.15, -0.1) is 0 Å². The lowest BCUT2D eigenvalue weighted by molar-refractivity contribution is -0.152. The van der Waals surface area contributed by atoms with E-state index in [0.717, 1.165) is 32.1 Å². The fourth-order valence-electron chi connectivity index (χ4n) is 2.52. The number of esters is 1. The molecule has 3 heteroatoms. The molecule has 0 aliphatic heterocycles. The normalized spacial score (nSPS) is 17.9. The number of benzene rings is 1. The first-order chi connectivity index (χ1) is 9.25. The smallest absolute Gasteiger partial charge is 0.323 e. The van der Waals surface area contributed by atoms with Gasteiger partial charge in [0.1, 0.15) is 12.1 Å². The van der Waals surface area contributed by atoms with Crippen LogP contribution in [0.3, 0.4) is 0 Å². The topological polar surface area (TPSA) is 52.3 Å². The van der Waals surface area contributed by atoms with E-state index in [1.165, 1.54) is 12.0 Å². The first-order valence-corrected chi connectivity index (χ1v) is 7.25. The second-order valence-corrected chi connectivity index (χ2v) is 5.33. The van der Waals surface area contributed by atoms with Gasteiger partial charge in [-0.1, -0.05) is 36.8 Å². The van der Waals surface area contributed by atoms with Crippen molar-refractivity contribution in [3.8, 4) is 0 Å². The molecule has 1 saturated carbocycles. The molecule has 0 amide bonds. The molecular formula is C16H23NO2. The van der Waals surface area contributed by atoms with E-state index in [-0.39, 0.29) is 12.1 Å². The minimum Gasteiger partial charge on any atom is -0.461 e. The summed E-state index contributed by atoms with van der Waals surface area (Å²) >= 11 is 0. The first-order valence-electron chi connectivity index (χ1n) is 7.25. The van der Waals surface area contributed by atoms with Gasteiger partial charge in [-0.25, -0.2) is 0 Å². The zero-order valence-electron chi connectivity index (χ0n) is 11.4. The number of rotatable bonds is 5. The highest BCUT2D eigenvalue weighted by molar-refractivity contribution is 5.75. The Balaban J connectivity index is 1.72. The van der Waals surface area contributed by atoms with Crippen LogP contribution in [0.25, 0.3) is 0 Å². The van der Waals surface area contributed by atoms with Crippen molar-refractivity contribution in [1.82, 2.24) is 0 Å². The first kappa shape index (κ1) is 14.1. The predicted molar refractivity (Wildman–Crippen MR) is 75.7 cm³/mol. The summed E-state index contributed by atoms with van der Waals surface area (Å²) in [7, 11) is 0. The largest absolute Gasteiger partial charge is 0.461 e. The third-order valence-corrected chi connectivity index (χ3v) is 3.72. The van der Waals surface area contributed by atoms with Crippen molar-refractivity contribution in [2.45, 2.75) is 57.1 Å². The number of ether oxygens (including phenoxy) is 1. The highest BCUT2D eigenvalue weighted by atomic mass is 16.5. The molecule has 0 aromatic heterocycles. The predicted octanol–water partition coefficient (Wildman–Crippen LogP) is 2.82. The zero-order chi connectivity index (χ0) is 13.5. The molecule has 0 spiro atoms. The number of nitrogens with two attached hydrogens (primary N) is 1. The molecule has 1 aliphatic rings. The van der Waals surface area contributed by atoms with Crippen LogP contribution in [0.1, 0.15) is 44.1 Å². The van der Waals surface area contributed by atoms with Gasteiger partial charge < -0.3 is 10.5 Å². The van der Waals surface area contributed by atoms with Crippen LogP contribution in [0.4, 0.5) is 0 Å². The van der Waals surface area contributed by atoms with E-state index in [1.807, 2.05) is 18.2 Å². The van der Waals surface area contributed by atoms with Crippen LogP contribution in [-0.4, -0.2) is 18.1 Å². The molecule has 104 valence electrons. The number of aryl methyl sites for hydroxylation is 1. The maximum absolute atomic E-state index is 11.9. The van der Waals surface area contributed by atoms with Gasteiger partial charge in [0.25, 0.3) is 0 Å². The third-order valence-electron chi connectivity index (χ3n) is 3.72. The molecule has 1 unspecified atom stereocenters. The lowest BCUT2D eigenvalue weighted by Crippen LogP contribution is -2.36. The molecule has 1 aromatic rings. The molecule has 0 radical (unpaired) electrons. The van der Waals surface area contributed by atoms with Crippen molar-refractivity contribution in [2.24, 2.45) is 5.73 Å². The molecule has 1 fully saturated rings. The summed E-state index contributed by atoms with van der Waals surface area (Å²) in [4.78, 5) is 11.9. The molecule has 1 atom stereocenters. The fraction of sp³-hybridized carbons (Fsp3) is 0.562. The van der Waals surface area contributed by atoms with E-state index in [1.54, 1.807) is 0 Å². The Labute approximate surface area is 115 Å². The molecule has 19 heavy (non-hydrogen) atoms. The zero-order valence-corrected chi connectivity index (χ0v) is 11.4. The number of carbonyl (C=O) groups is 1. The number of hydrogen-bond acceptors (Lipinski definition) is 3. The summed E-state index contributed by atoms with van der Waals surface area (Å²) in [5, 5.41) is 0. The molecule has 3 nitrogen and oxygen atoms in total. The van der Waals surface area contributed by atoms with Gasteiger partial charge in [0.05, 0.1) is 0 Å².